The summed E-state index contributed by atoms with van der Waals surface area (Å²) >= 11 is 1.33. The van der Waals surface area contributed by atoms with E-state index in [2.05, 4.69) is 15.3 Å². The van der Waals surface area contributed by atoms with Gasteiger partial charge >= 0.3 is 0 Å². The van der Waals surface area contributed by atoms with Crippen LogP contribution in [0.15, 0.2) is 46.3 Å². The van der Waals surface area contributed by atoms with Gasteiger partial charge in [0.05, 0.1) is 24.2 Å². The molecule has 0 spiro atoms. The Kier molecular flexibility index (Phi) is 8.98. The Balaban J connectivity index is 1.59. The van der Waals surface area contributed by atoms with Crippen LogP contribution in [0.4, 0.5) is 5.13 Å². The van der Waals surface area contributed by atoms with Crippen LogP contribution in [-0.4, -0.2) is 28.2 Å². The summed E-state index contributed by atoms with van der Waals surface area (Å²) in [6, 6.07) is 9.82. The van der Waals surface area contributed by atoms with Gasteiger partial charge < -0.3 is 15.5 Å². The van der Waals surface area contributed by atoms with E-state index in [4.69, 9.17) is 10.2 Å². The Labute approximate surface area is 192 Å². The molecule has 2 heterocycles. The van der Waals surface area contributed by atoms with Crippen molar-refractivity contribution < 1.29 is 14.0 Å². The number of carbonyl (C=O) groups is 2. The fraction of sp³-hybridized carbons (Fsp3) is 0.417. The molecule has 0 aliphatic heterocycles. The summed E-state index contributed by atoms with van der Waals surface area (Å²) in [6.07, 6.45) is 6.75. The molecule has 0 aliphatic rings. The number of anilines is 1. The van der Waals surface area contributed by atoms with Gasteiger partial charge in [-0.15, -0.1) is 11.3 Å². The first kappa shape index (κ1) is 23.7. The number of amides is 1. The van der Waals surface area contributed by atoms with E-state index >= 15 is 0 Å². The average Bonchev–Trinajstić information content (AvgIpc) is 3.45. The molecule has 1 amide bonds. The van der Waals surface area contributed by atoms with Crippen LogP contribution in [0.25, 0.3) is 11.3 Å². The maximum absolute atomic E-state index is 12.4. The molecule has 0 saturated carbocycles. The van der Waals surface area contributed by atoms with E-state index < -0.39 is 0 Å². The third-order valence-electron chi connectivity index (χ3n) is 5.29. The molecule has 1 atom stereocenters. The van der Waals surface area contributed by atoms with Crippen LogP contribution in [0.2, 0.25) is 0 Å². The number of Topliss-reactive ketones (excluding diaryl/α,β-unsaturated/α-hetero) is 1. The number of hydrogen-bond acceptors (Lipinski definition) is 7. The number of nitrogens with one attached hydrogen (secondary N) is 1. The van der Waals surface area contributed by atoms with Crippen LogP contribution >= 0.6 is 11.3 Å². The van der Waals surface area contributed by atoms with Crippen molar-refractivity contribution in [1.82, 2.24) is 15.3 Å². The van der Waals surface area contributed by atoms with Crippen molar-refractivity contribution in [2.75, 3.05) is 12.3 Å². The minimum Gasteiger partial charge on any atom is -0.440 e. The largest absolute Gasteiger partial charge is 0.440 e. The molecule has 8 heteroatoms. The maximum atomic E-state index is 12.4. The van der Waals surface area contributed by atoms with Crippen LogP contribution in [0.5, 0.6) is 0 Å². The molecule has 0 aliphatic carbocycles. The van der Waals surface area contributed by atoms with Gasteiger partial charge in [0.1, 0.15) is 5.78 Å². The fourth-order valence-corrected chi connectivity index (χ4v) is 4.02. The van der Waals surface area contributed by atoms with Crippen LogP contribution in [0, 0.1) is 0 Å². The predicted octanol–water partition coefficient (Wildman–Crippen LogP) is 4.75. The minimum absolute atomic E-state index is 0.0428. The molecule has 3 N–H and O–H groups in total. The van der Waals surface area contributed by atoms with Gasteiger partial charge in [-0.25, -0.2) is 9.97 Å². The van der Waals surface area contributed by atoms with E-state index in [0.29, 0.717) is 47.6 Å². The molecule has 2 aromatic heterocycles. The summed E-state index contributed by atoms with van der Waals surface area (Å²) in [6.45, 7) is 2.33. The zero-order valence-corrected chi connectivity index (χ0v) is 19.2. The minimum atomic E-state index is -0.108. The monoisotopic (exact) mass is 454 g/mol. The Morgan fingerprint density at radius 2 is 2.00 bits per heavy atom. The van der Waals surface area contributed by atoms with E-state index in [-0.39, 0.29) is 18.2 Å². The molecular formula is C24H30N4O3S. The normalized spacial score (nSPS) is 11.9. The molecule has 1 aromatic carbocycles. The summed E-state index contributed by atoms with van der Waals surface area (Å²) in [5.74, 6) is 1.48. The number of ketones is 1. The Hall–Kier alpha value is -3.00. The smallest absolute Gasteiger partial charge is 0.226 e. The van der Waals surface area contributed by atoms with Gasteiger partial charge in [0.2, 0.25) is 5.91 Å². The molecule has 170 valence electrons. The highest BCUT2D eigenvalue weighted by atomic mass is 32.1. The van der Waals surface area contributed by atoms with Crippen LogP contribution in [-0.2, 0) is 16.0 Å². The molecule has 0 saturated heterocycles. The lowest BCUT2D eigenvalue weighted by atomic mass is 9.99. The number of hydrogen-bond donors (Lipinski definition) is 2. The zero-order valence-electron chi connectivity index (χ0n) is 18.4. The summed E-state index contributed by atoms with van der Waals surface area (Å²) in [4.78, 5) is 32.5. The van der Waals surface area contributed by atoms with Gasteiger partial charge in [-0.3, -0.25) is 9.59 Å². The molecule has 7 nitrogen and oxygen atoms in total. The molecule has 0 fully saturated rings. The van der Waals surface area contributed by atoms with Crippen molar-refractivity contribution in [2.24, 2.45) is 0 Å². The van der Waals surface area contributed by atoms with Crippen molar-refractivity contribution in [3.05, 3.63) is 53.5 Å². The van der Waals surface area contributed by atoms with Crippen molar-refractivity contribution in [3.63, 3.8) is 0 Å². The number of thiazole rings is 1. The molecule has 3 rings (SSSR count). The highest BCUT2D eigenvalue weighted by Crippen LogP contribution is 2.27. The Morgan fingerprint density at radius 1 is 1.19 bits per heavy atom. The molecule has 3 aromatic rings. The summed E-state index contributed by atoms with van der Waals surface area (Å²) in [5.41, 5.74) is 7.28. The molecule has 0 radical (unpaired) electrons. The number of nitrogens with two attached hydrogens (primary N) is 1. The lowest BCUT2D eigenvalue weighted by Crippen LogP contribution is -2.30. The first-order valence-corrected chi connectivity index (χ1v) is 11.9. The lowest BCUT2D eigenvalue weighted by molar-refractivity contribution is -0.120. The summed E-state index contributed by atoms with van der Waals surface area (Å²) < 4.78 is 6.05. The first-order chi connectivity index (χ1) is 15.5. The third kappa shape index (κ3) is 7.30. The van der Waals surface area contributed by atoms with E-state index in [0.717, 1.165) is 31.2 Å². The molecular weight excluding hydrogens is 424 g/mol. The van der Waals surface area contributed by atoms with Gasteiger partial charge in [-0.2, -0.15) is 0 Å². The first-order valence-electron chi connectivity index (χ1n) is 11.0. The number of benzene rings is 1. The number of oxazole rings is 1. The lowest BCUT2D eigenvalue weighted by Gasteiger charge is -2.14. The number of rotatable bonds is 13. The van der Waals surface area contributed by atoms with Gasteiger partial charge in [0, 0.05) is 30.3 Å². The fourth-order valence-electron chi connectivity index (χ4n) is 3.46. The molecule has 0 bridgehead atoms. The van der Waals surface area contributed by atoms with Gasteiger partial charge in [-0.1, -0.05) is 50.1 Å². The third-order valence-corrected chi connectivity index (χ3v) is 6.01. The van der Waals surface area contributed by atoms with Crippen LogP contribution in [0.1, 0.15) is 63.0 Å². The highest BCUT2D eigenvalue weighted by Gasteiger charge is 2.19. The molecule has 1 unspecified atom stereocenters. The van der Waals surface area contributed by atoms with Gasteiger partial charge in [0.25, 0.3) is 0 Å². The second-order valence-electron chi connectivity index (χ2n) is 7.78. The number of nitrogen functional groups attached to an aromatic ring is 1. The van der Waals surface area contributed by atoms with Crippen molar-refractivity contribution in [2.45, 2.75) is 57.8 Å². The van der Waals surface area contributed by atoms with Crippen LogP contribution in [0.3, 0.4) is 0 Å². The predicted molar refractivity (Wildman–Crippen MR) is 126 cm³/mol. The van der Waals surface area contributed by atoms with Gasteiger partial charge in [0.15, 0.2) is 16.8 Å². The van der Waals surface area contributed by atoms with Crippen molar-refractivity contribution in [1.29, 1.82) is 0 Å². The SMILES string of the molecule is CCC(=O)CCCCCC(CNC(=O)Cc1csc(N)n1)c1ncc(-c2ccccc2)o1. The van der Waals surface area contributed by atoms with E-state index in [1.807, 2.05) is 37.3 Å². The average molecular weight is 455 g/mol. The number of unbranched alkanes of at least 4 members (excludes halogenated alkanes) is 2. The summed E-state index contributed by atoms with van der Waals surface area (Å²) in [5, 5.41) is 5.24. The maximum Gasteiger partial charge on any atom is 0.226 e. The Bertz CT molecular complexity index is 1000. The Morgan fingerprint density at radius 3 is 2.72 bits per heavy atom. The topological polar surface area (TPSA) is 111 Å². The molecule has 32 heavy (non-hydrogen) atoms. The van der Waals surface area contributed by atoms with Crippen molar-refractivity contribution >= 4 is 28.2 Å². The second kappa shape index (κ2) is 12.1. The highest BCUT2D eigenvalue weighted by molar-refractivity contribution is 7.13. The zero-order chi connectivity index (χ0) is 22.8. The number of nitrogens with zero attached hydrogens (tertiary/aromatic N) is 2. The summed E-state index contributed by atoms with van der Waals surface area (Å²) in [7, 11) is 0. The van der Waals surface area contributed by atoms with Crippen LogP contribution < -0.4 is 11.1 Å². The quantitative estimate of drug-likeness (QED) is 0.361. The van der Waals surface area contributed by atoms with E-state index in [9.17, 15) is 9.59 Å². The standard InChI is InChI=1S/C24H30N4O3S/c1-2-20(29)12-8-4-7-11-18(14-26-22(30)13-19-16-32-24(25)28-19)23-27-15-21(31-23)17-9-5-3-6-10-17/h3,5-6,9-10,15-16,18H,2,4,7-8,11-14H2,1H3,(H2,25,28)(H,26,30). The number of aromatic nitrogens is 2. The number of carbonyl (C=O) groups excluding carboxylic acids is 2. The van der Waals surface area contributed by atoms with Gasteiger partial charge in [-0.05, 0) is 12.8 Å². The van der Waals surface area contributed by atoms with E-state index in [1.54, 1.807) is 11.6 Å². The second-order valence-corrected chi connectivity index (χ2v) is 8.66. The van der Waals surface area contributed by atoms with E-state index in [1.165, 1.54) is 11.3 Å². The van der Waals surface area contributed by atoms with Crippen molar-refractivity contribution in [3.8, 4) is 11.3 Å².